The van der Waals surface area contributed by atoms with Gasteiger partial charge in [0.1, 0.15) is 10.6 Å². The molecule has 0 unspecified atom stereocenters. The van der Waals surface area contributed by atoms with Gasteiger partial charge >= 0.3 is 11.9 Å². The van der Waals surface area contributed by atoms with Crippen LogP contribution in [0.25, 0.3) is 0 Å². The number of benzene rings is 1. The van der Waals surface area contributed by atoms with E-state index in [-0.39, 0.29) is 5.02 Å². The van der Waals surface area contributed by atoms with Crippen molar-refractivity contribution < 1.29 is 18.1 Å². The summed E-state index contributed by atoms with van der Waals surface area (Å²) in [5.41, 5.74) is -2.64. The van der Waals surface area contributed by atoms with Crippen molar-refractivity contribution in [3.63, 3.8) is 0 Å². The molecule has 1 aromatic carbocycles. The summed E-state index contributed by atoms with van der Waals surface area (Å²) in [7, 11) is 0. The molecule has 0 saturated carbocycles. The van der Waals surface area contributed by atoms with E-state index in [9.17, 15) is 23.3 Å². The third kappa shape index (κ3) is 2.32. The molecule has 3 nitrogen and oxygen atoms in total. The van der Waals surface area contributed by atoms with Gasteiger partial charge in [-0.2, -0.15) is 13.2 Å². The van der Waals surface area contributed by atoms with E-state index in [0.29, 0.717) is 6.07 Å². The Morgan fingerprint density at radius 3 is 2.20 bits per heavy atom. The number of nitrogens with zero attached hydrogens (tertiary/aromatic N) is 1. The third-order valence-corrected chi connectivity index (χ3v) is 2.35. The summed E-state index contributed by atoms with van der Waals surface area (Å²) >= 11 is 10.7. The van der Waals surface area contributed by atoms with Crippen molar-refractivity contribution in [1.82, 2.24) is 0 Å². The lowest BCUT2D eigenvalue weighted by Gasteiger charge is -2.08. The van der Waals surface area contributed by atoms with Gasteiger partial charge in [0, 0.05) is 0 Å². The monoisotopic (exact) mass is 259 g/mol. The molecule has 0 radical (unpaired) electrons. The van der Waals surface area contributed by atoms with Crippen LogP contribution in [0.3, 0.4) is 0 Å². The summed E-state index contributed by atoms with van der Waals surface area (Å²) in [6.07, 6.45) is -4.84. The molecule has 0 heterocycles. The third-order valence-electron chi connectivity index (χ3n) is 1.56. The lowest BCUT2D eigenvalue weighted by Crippen LogP contribution is -2.09. The first-order chi connectivity index (χ1) is 6.75. The molecule has 1 rings (SSSR count). The zero-order valence-corrected chi connectivity index (χ0v) is 8.32. The van der Waals surface area contributed by atoms with Crippen LogP contribution in [-0.4, -0.2) is 4.92 Å². The highest BCUT2D eigenvalue weighted by Gasteiger charge is 2.40. The Bertz CT molecular complexity index is 419. The number of hydrogen-bond acceptors (Lipinski definition) is 2. The van der Waals surface area contributed by atoms with Gasteiger partial charge in [-0.1, -0.05) is 23.2 Å². The summed E-state index contributed by atoms with van der Waals surface area (Å²) < 4.78 is 36.9. The van der Waals surface area contributed by atoms with Gasteiger partial charge in [-0.3, -0.25) is 10.1 Å². The largest absolute Gasteiger partial charge is 0.423 e. The molecule has 1 aromatic rings. The smallest absolute Gasteiger partial charge is 0.258 e. The maximum atomic E-state index is 12.3. The Morgan fingerprint density at radius 2 is 1.80 bits per heavy atom. The van der Waals surface area contributed by atoms with Crippen molar-refractivity contribution in [2.45, 2.75) is 6.18 Å². The number of halogens is 5. The molecule has 15 heavy (non-hydrogen) atoms. The van der Waals surface area contributed by atoms with Crippen LogP contribution in [0.5, 0.6) is 0 Å². The first kappa shape index (κ1) is 12.1. The summed E-state index contributed by atoms with van der Waals surface area (Å²) in [6.45, 7) is 0. The maximum Gasteiger partial charge on any atom is 0.423 e. The van der Waals surface area contributed by atoms with Crippen LogP contribution in [-0.2, 0) is 6.18 Å². The van der Waals surface area contributed by atoms with Gasteiger partial charge in [-0.25, -0.2) is 0 Å². The molecule has 0 atom stereocenters. The predicted octanol–water partition coefficient (Wildman–Crippen LogP) is 3.92. The van der Waals surface area contributed by atoms with Crippen LogP contribution >= 0.6 is 23.2 Å². The van der Waals surface area contributed by atoms with Crippen LogP contribution in [0.15, 0.2) is 12.1 Å². The maximum absolute atomic E-state index is 12.3. The second-order valence-corrected chi connectivity index (χ2v) is 3.30. The quantitative estimate of drug-likeness (QED) is 0.567. The topological polar surface area (TPSA) is 43.1 Å². The molecule has 0 aliphatic carbocycles. The van der Waals surface area contributed by atoms with Crippen molar-refractivity contribution in [2.24, 2.45) is 0 Å². The summed E-state index contributed by atoms with van der Waals surface area (Å²) in [5.74, 6) is 0. The number of alkyl halides is 3. The fourth-order valence-corrected chi connectivity index (χ4v) is 1.33. The van der Waals surface area contributed by atoms with Gasteiger partial charge in [-0.15, -0.1) is 0 Å². The highest BCUT2D eigenvalue weighted by molar-refractivity contribution is 6.43. The molecule has 0 N–H and O–H groups in total. The second-order valence-electron chi connectivity index (χ2n) is 2.51. The van der Waals surface area contributed by atoms with Crippen molar-refractivity contribution in [3.05, 3.63) is 37.9 Å². The standard InChI is InChI=1S/C7H2Cl2F3NO2/c8-4-2-1-3(7(10,11)12)6(5(4)9)13(14)15/h1-2H. The highest BCUT2D eigenvalue weighted by atomic mass is 35.5. The van der Waals surface area contributed by atoms with Crippen LogP contribution < -0.4 is 0 Å². The van der Waals surface area contributed by atoms with Gasteiger partial charge in [0.2, 0.25) is 0 Å². The highest BCUT2D eigenvalue weighted by Crippen LogP contribution is 2.42. The van der Waals surface area contributed by atoms with E-state index >= 15 is 0 Å². The van der Waals surface area contributed by atoms with E-state index in [1.54, 1.807) is 0 Å². The SMILES string of the molecule is O=[N+]([O-])c1c(C(F)(F)F)ccc(Cl)c1Cl. The number of rotatable bonds is 1. The van der Waals surface area contributed by atoms with Gasteiger partial charge in [0.05, 0.1) is 9.95 Å². The summed E-state index contributed by atoms with van der Waals surface area (Å²) in [4.78, 5) is 9.19. The molecule has 0 fully saturated rings. The average Bonchev–Trinajstić information content (AvgIpc) is 2.06. The minimum absolute atomic E-state index is 0.295. The predicted molar refractivity (Wildman–Crippen MR) is 48.1 cm³/mol. The zero-order valence-electron chi connectivity index (χ0n) is 6.81. The molecule has 0 aromatic heterocycles. The second kappa shape index (κ2) is 3.86. The van der Waals surface area contributed by atoms with Crippen molar-refractivity contribution in [2.75, 3.05) is 0 Å². The van der Waals surface area contributed by atoms with Crippen LogP contribution in [0.2, 0.25) is 10.0 Å². The zero-order chi connectivity index (χ0) is 11.8. The van der Waals surface area contributed by atoms with Crippen molar-refractivity contribution in [3.8, 4) is 0 Å². The minimum Gasteiger partial charge on any atom is -0.258 e. The molecular formula is C7H2Cl2F3NO2. The van der Waals surface area contributed by atoms with Crippen LogP contribution in [0.1, 0.15) is 5.56 Å². The first-order valence-corrected chi connectivity index (χ1v) is 4.20. The molecular weight excluding hydrogens is 258 g/mol. The number of hydrogen-bond donors (Lipinski definition) is 0. The van der Waals surface area contributed by atoms with E-state index in [4.69, 9.17) is 23.2 Å². The van der Waals surface area contributed by atoms with Crippen molar-refractivity contribution >= 4 is 28.9 Å². The molecule has 0 spiro atoms. The van der Waals surface area contributed by atoms with Gasteiger partial charge in [0.15, 0.2) is 0 Å². The Kier molecular flexibility index (Phi) is 3.11. The summed E-state index contributed by atoms with van der Waals surface area (Å²) in [5, 5.41) is 9.40. The van der Waals surface area contributed by atoms with Gasteiger partial charge in [-0.05, 0) is 12.1 Å². The number of nitro groups is 1. The molecule has 8 heteroatoms. The van der Waals surface area contributed by atoms with E-state index < -0.39 is 27.4 Å². The van der Waals surface area contributed by atoms with Crippen molar-refractivity contribution in [1.29, 1.82) is 0 Å². The van der Waals surface area contributed by atoms with Gasteiger partial charge < -0.3 is 0 Å². The van der Waals surface area contributed by atoms with E-state index in [1.165, 1.54) is 0 Å². The Labute approximate surface area is 91.6 Å². The van der Waals surface area contributed by atoms with E-state index in [2.05, 4.69) is 0 Å². The van der Waals surface area contributed by atoms with Gasteiger partial charge in [0.25, 0.3) is 0 Å². The van der Waals surface area contributed by atoms with E-state index in [1.807, 2.05) is 0 Å². The summed E-state index contributed by atoms with van der Waals surface area (Å²) in [6, 6.07) is 1.38. The average molecular weight is 260 g/mol. The van der Waals surface area contributed by atoms with E-state index in [0.717, 1.165) is 6.07 Å². The minimum atomic E-state index is -4.84. The molecule has 82 valence electrons. The van der Waals surface area contributed by atoms with Crippen LogP contribution in [0.4, 0.5) is 18.9 Å². The lowest BCUT2D eigenvalue weighted by molar-refractivity contribution is -0.387. The molecule has 0 bridgehead atoms. The molecule has 0 saturated heterocycles. The molecule has 0 aliphatic heterocycles. The molecule has 0 amide bonds. The first-order valence-electron chi connectivity index (χ1n) is 3.44. The molecule has 0 aliphatic rings. The fourth-order valence-electron chi connectivity index (χ4n) is 0.947. The lowest BCUT2D eigenvalue weighted by atomic mass is 10.2. The normalized spacial score (nSPS) is 11.5. The Hall–Kier alpha value is -1.01. The number of nitro benzene ring substituents is 1. The van der Waals surface area contributed by atoms with Crippen LogP contribution in [0, 0.1) is 10.1 Å². The Morgan fingerprint density at radius 1 is 1.27 bits per heavy atom. The fraction of sp³-hybridized carbons (Fsp3) is 0.143. The Balaban J connectivity index is 3.55.